The molecule has 2 aromatic heterocycles. The molecule has 0 aromatic carbocycles. The van der Waals surface area contributed by atoms with Crippen LogP contribution in [0.25, 0.3) is 0 Å². The van der Waals surface area contributed by atoms with Gasteiger partial charge in [-0.2, -0.15) is 5.10 Å². The van der Waals surface area contributed by atoms with Gasteiger partial charge in [-0.25, -0.2) is 4.98 Å². The first kappa shape index (κ1) is 19.5. The maximum atomic E-state index is 12.2. The van der Waals surface area contributed by atoms with E-state index < -0.39 is 0 Å². The molecule has 2 aromatic rings. The van der Waals surface area contributed by atoms with Crippen LogP contribution in [0.1, 0.15) is 12.1 Å². The number of likely N-dealkylation sites (N-methyl/N-ethyl adjacent to an activating group) is 1. The van der Waals surface area contributed by atoms with Crippen LogP contribution in [0.2, 0.25) is 5.15 Å². The summed E-state index contributed by atoms with van der Waals surface area (Å²) in [6.45, 7) is 6.70. The summed E-state index contributed by atoms with van der Waals surface area (Å²) in [6, 6.07) is 5.30. The van der Waals surface area contributed by atoms with Crippen LogP contribution in [-0.4, -0.2) is 70.7 Å². The number of aromatic nitrogens is 3. The molecule has 144 valence electrons. The molecule has 0 aliphatic carbocycles. The van der Waals surface area contributed by atoms with Crippen LogP contribution in [0.4, 0.5) is 17.2 Å². The lowest BCUT2D eigenvalue weighted by Gasteiger charge is -2.32. The average Bonchev–Trinajstić information content (AvgIpc) is 2.65. The van der Waals surface area contributed by atoms with Crippen molar-refractivity contribution < 1.29 is 4.79 Å². The van der Waals surface area contributed by atoms with Gasteiger partial charge in [0.2, 0.25) is 5.91 Å². The van der Waals surface area contributed by atoms with E-state index in [-0.39, 0.29) is 5.91 Å². The van der Waals surface area contributed by atoms with E-state index in [1.165, 1.54) is 0 Å². The van der Waals surface area contributed by atoms with E-state index in [0.29, 0.717) is 17.4 Å². The molecule has 1 aliphatic rings. The Bertz CT molecular complexity index is 793. The predicted octanol–water partition coefficient (Wildman–Crippen LogP) is 2.15. The third-order valence-electron chi connectivity index (χ3n) is 4.51. The number of carbonyl (C=O) groups excluding carboxylic acids is 1. The number of amides is 1. The molecule has 9 heteroatoms. The standard InChI is InChI=1S/C18H24ClN7O/c1-13-15(12-16(19)24-23-13)21-14-3-5-20-17(11-14)22-18(27)4-6-26-9-7-25(2)8-10-26/h3,5,11-12H,4,6-10H2,1-2H3,(H2,20,21,22,24,27). The van der Waals surface area contributed by atoms with E-state index in [9.17, 15) is 4.79 Å². The summed E-state index contributed by atoms with van der Waals surface area (Å²) in [4.78, 5) is 21.1. The molecule has 8 nitrogen and oxygen atoms in total. The number of nitrogens with zero attached hydrogens (tertiary/aromatic N) is 5. The summed E-state index contributed by atoms with van der Waals surface area (Å²) in [5, 5.41) is 14.2. The molecule has 3 rings (SSSR count). The largest absolute Gasteiger partial charge is 0.354 e. The first-order valence-corrected chi connectivity index (χ1v) is 9.31. The molecule has 0 saturated carbocycles. The SMILES string of the molecule is Cc1nnc(Cl)cc1Nc1ccnc(NC(=O)CCN2CCN(C)CC2)c1. The highest BCUT2D eigenvalue weighted by atomic mass is 35.5. The molecule has 1 saturated heterocycles. The van der Waals surface area contributed by atoms with Crippen LogP contribution in [-0.2, 0) is 4.79 Å². The van der Waals surface area contributed by atoms with Crippen molar-refractivity contribution >= 4 is 34.7 Å². The first-order valence-electron chi connectivity index (χ1n) is 8.93. The third-order valence-corrected chi connectivity index (χ3v) is 4.69. The molecule has 1 amide bonds. The maximum Gasteiger partial charge on any atom is 0.226 e. The number of hydrogen-bond acceptors (Lipinski definition) is 7. The molecule has 1 aliphatic heterocycles. The fraction of sp³-hybridized carbons (Fsp3) is 0.444. The fourth-order valence-electron chi connectivity index (χ4n) is 2.82. The monoisotopic (exact) mass is 389 g/mol. The number of carbonyl (C=O) groups is 1. The number of nitrogens with one attached hydrogen (secondary N) is 2. The summed E-state index contributed by atoms with van der Waals surface area (Å²) in [7, 11) is 2.12. The van der Waals surface area contributed by atoms with Crippen molar-refractivity contribution in [2.24, 2.45) is 0 Å². The second-order valence-corrected chi connectivity index (χ2v) is 7.05. The van der Waals surface area contributed by atoms with E-state index in [4.69, 9.17) is 11.6 Å². The molecule has 1 fully saturated rings. The summed E-state index contributed by atoms with van der Waals surface area (Å²) < 4.78 is 0. The molecular formula is C18H24ClN7O. The van der Waals surface area contributed by atoms with Gasteiger partial charge in [0.1, 0.15) is 5.82 Å². The molecule has 0 radical (unpaired) electrons. The minimum Gasteiger partial charge on any atom is -0.354 e. The lowest BCUT2D eigenvalue weighted by molar-refractivity contribution is -0.116. The molecule has 0 atom stereocenters. The molecule has 0 unspecified atom stereocenters. The van der Waals surface area contributed by atoms with Crippen molar-refractivity contribution in [2.75, 3.05) is 50.4 Å². The quantitative estimate of drug-likeness (QED) is 0.782. The Balaban J connectivity index is 1.54. The normalized spacial score (nSPS) is 15.5. The smallest absolute Gasteiger partial charge is 0.226 e. The van der Waals surface area contributed by atoms with Crippen LogP contribution in [0.5, 0.6) is 0 Å². The van der Waals surface area contributed by atoms with Gasteiger partial charge in [0.15, 0.2) is 5.15 Å². The number of aryl methyl sites for hydroxylation is 1. The molecule has 2 N–H and O–H groups in total. The molecule has 27 heavy (non-hydrogen) atoms. The minimum atomic E-state index is -0.0385. The van der Waals surface area contributed by atoms with Crippen LogP contribution < -0.4 is 10.6 Å². The molecule has 3 heterocycles. The summed E-state index contributed by atoms with van der Waals surface area (Å²) in [6.07, 6.45) is 2.09. The van der Waals surface area contributed by atoms with Crippen molar-refractivity contribution in [1.82, 2.24) is 25.0 Å². The van der Waals surface area contributed by atoms with Gasteiger partial charge in [-0.1, -0.05) is 11.6 Å². The Hall–Kier alpha value is -2.29. The van der Waals surface area contributed by atoms with E-state index in [1.807, 2.05) is 13.0 Å². The topological polar surface area (TPSA) is 86.3 Å². The molecular weight excluding hydrogens is 366 g/mol. The van der Waals surface area contributed by atoms with E-state index >= 15 is 0 Å². The lowest BCUT2D eigenvalue weighted by Crippen LogP contribution is -2.45. The van der Waals surface area contributed by atoms with E-state index in [1.54, 1.807) is 18.3 Å². The Labute approximate surface area is 163 Å². The number of anilines is 3. The van der Waals surface area contributed by atoms with Crippen LogP contribution >= 0.6 is 11.6 Å². The number of rotatable bonds is 6. The fourth-order valence-corrected chi connectivity index (χ4v) is 2.97. The van der Waals surface area contributed by atoms with Gasteiger partial charge in [-0.3, -0.25) is 4.79 Å². The first-order chi connectivity index (χ1) is 13.0. The van der Waals surface area contributed by atoms with Crippen LogP contribution in [0.15, 0.2) is 24.4 Å². The number of piperazine rings is 1. The zero-order valence-electron chi connectivity index (χ0n) is 15.6. The van der Waals surface area contributed by atoms with Gasteiger partial charge in [-0.15, -0.1) is 5.10 Å². The van der Waals surface area contributed by atoms with Crippen LogP contribution in [0, 0.1) is 6.92 Å². The third kappa shape index (κ3) is 5.85. The maximum absolute atomic E-state index is 12.2. The van der Waals surface area contributed by atoms with Crippen molar-refractivity contribution in [3.05, 3.63) is 35.2 Å². The summed E-state index contributed by atoms with van der Waals surface area (Å²) in [5.41, 5.74) is 2.27. The van der Waals surface area contributed by atoms with Gasteiger partial charge < -0.3 is 20.4 Å². The average molecular weight is 390 g/mol. The van der Waals surface area contributed by atoms with E-state index in [2.05, 4.69) is 42.7 Å². The summed E-state index contributed by atoms with van der Waals surface area (Å²) >= 11 is 5.90. The highest BCUT2D eigenvalue weighted by Gasteiger charge is 2.15. The van der Waals surface area contributed by atoms with Gasteiger partial charge >= 0.3 is 0 Å². The second-order valence-electron chi connectivity index (χ2n) is 6.66. The Morgan fingerprint density at radius 3 is 2.78 bits per heavy atom. The van der Waals surface area contributed by atoms with Crippen molar-refractivity contribution in [3.63, 3.8) is 0 Å². The summed E-state index contributed by atoms with van der Waals surface area (Å²) in [5.74, 6) is 0.470. The predicted molar refractivity (Wildman–Crippen MR) is 106 cm³/mol. The minimum absolute atomic E-state index is 0.0385. The van der Waals surface area contributed by atoms with Gasteiger partial charge in [0, 0.05) is 63.2 Å². The second kappa shape index (κ2) is 9.07. The van der Waals surface area contributed by atoms with Crippen molar-refractivity contribution in [3.8, 4) is 0 Å². The van der Waals surface area contributed by atoms with Gasteiger partial charge in [0.25, 0.3) is 0 Å². The Morgan fingerprint density at radius 2 is 2.00 bits per heavy atom. The zero-order valence-corrected chi connectivity index (χ0v) is 16.3. The number of pyridine rings is 1. The Morgan fingerprint density at radius 1 is 1.22 bits per heavy atom. The van der Waals surface area contributed by atoms with Crippen LogP contribution in [0.3, 0.4) is 0 Å². The molecule has 0 spiro atoms. The highest BCUT2D eigenvalue weighted by Crippen LogP contribution is 2.22. The zero-order chi connectivity index (χ0) is 19.2. The Kier molecular flexibility index (Phi) is 6.54. The number of halogens is 1. The molecule has 0 bridgehead atoms. The van der Waals surface area contributed by atoms with Gasteiger partial charge in [-0.05, 0) is 20.0 Å². The lowest BCUT2D eigenvalue weighted by atomic mass is 10.3. The number of hydrogen-bond donors (Lipinski definition) is 2. The van der Waals surface area contributed by atoms with Crippen molar-refractivity contribution in [2.45, 2.75) is 13.3 Å². The van der Waals surface area contributed by atoms with Crippen molar-refractivity contribution in [1.29, 1.82) is 0 Å². The van der Waals surface area contributed by atoms with E-state index in [0.717, 1.165) is 49.8 Å². The highest BCUT2D eigenvalue weighted by molar-refractivity contribution is 6.29. The van der Waals surface area contributed by atoms with Gasteiger partial charge in [0.05, 0.1) is 11.4 Å².